The van der Waals surface area contributed by atoms with E-state index >= 15 is 0 Å². The van der Waals surface area contributed by atoms with Gasteiger partial charge in [-0.1, -0.05) is 19.8 Å². The van der Waals surface area contributed by atoms with Crippen LogP contribution >= 0.6 is 12.2 Å². The number of thiocarbonyl (C=S) groups is 1. The number of benzene rings is 1. The summed E-state index contributed by atoms with van der Waals surface area (Å²) in [6, 6.07) is 2.80. The van der Waals surface area contributed by atoms with Crippen LogP contribution in [0.2, 0.25) is 0 Å². The van der Waals surface area contributed by atoms with E-state index in [0.29, 0.717) is 0 Å². The molecule has 2 rings (SSSR count). The summed E-state index contributed by atoms with van der Waals surface area (Å²) in [6.45, 7) is 2.20. The summed E-state index contributed by atoms with van der Waals surface area (Å²) in [5, 5.41) is 2.01. The Balaban J connectivity index is 2.13. The zero-order valence-corrected chi connectivity index (χ0v) is 12.5. The minimum Gasteiger partial charge on any atom is -0.204 e. The van der Waals surface area contributed by atoms with Crippen molar-refractivity contribution in [2.75, 3.05) is 0 Å². The Morgan fingerprint density at radius 1 is 1.20 bits per heavy atom. The first-order valence-corrected chi connectivity index (χ1v) is 7.63. The van der Waals surface area contributed by atoms with Crippen molar-refractivity contribution in [3.63, 3.8) is 0 Å². The van der Waals surface area contributed by atoms with Crippen LogP contribution < -0.4 is 0 Å². The van der Waals surface area contributed by atoms with Crippen LogP contribution in [0.15, 0.2) is 17.1 Å². The summed E-state index contributed by atoms with van der Waals surface area (Å²) in [7, 11) is 0. The Bertz CT molecular complexity index is 492. The molecule has 0 bridgehead atoms. The predicted molar refractivity (Wildman–Crippen MR) is 80.7 cm³/mol. The van der Waals surface area contributed by atoms with Crippen molar-refractivity contribution < 1.29 is 8.78 Å². The second-order valence-electron chi connectivity index (χ2n) is 5.54. The molecule has 0 aliphatic heterocycles. The molecule has 1 saturated carbocycles. The largest absolute Gasteiger partial charge is 0.204 e. The van der Waals surface area contributed by atoms with Gasteiger partial charge in [0.1, 0.15) is 5.69 Å². The van der Waals surface area contributed by atoms with Gasteiger partial charge in [0.2, 0.25) is 0 Å². The molecule has 108 valence electrons. The van der Waals surface area contributed by atoms with E-state index in [9.17, 15) is 8.78 Å². The van der Waals surface area contributed by atoms with Crippen molar-refractivity contribution in [3.8, 4) is 0 Å². The van der Waals surface area contributed by atoms with E-state index in [1.807, 2.05) is 5.16 Å². The van der Waals surface area contributed by atoms with Crippen molar-refractivity contribution in [3.05, 3.63) is 29.3 Å². The van der Waals surface area contributed by atoms with Crippen LogP contribution in [0.3, 0.4) is 0 Å². The molecule has 4 heteroatoms. The van der Waals surface area contributed by atoms with Crippen LogP contribution in [0.4, 0.5) is 14.5 Å². The molecular formula is C16H19F2NS. The highest BCUT2D eigenvalue weighted by atomic mass is 32.1. The average molecular weight is 295 g/mol. The molecule has 0 spiro atoms. The smallest absolute Gasteiger partial charge is 0.152 e. The zero-order valence-electron chi connectivity index (χ0n) is 11.7. The lowest BCUT2D eigenvalue weighted by Gasteiger charge is -2.28. The first-order valence-electron chi connectivity index (χ1n) is 7.22. The SMILES string of the molecule is CCCC1CCC(c2cc(F)c(N=C=S)c(F)c2)CC1. The van der Waals surface area contributed by atoms with Gasteiger partial charge in [-0.3, -0.25) is 0 Å². The first kappa shape index (κ1) is 15.3. The van der Waals surface area contributed by atoms with Crippen molar-refractivity contribution >= 4 is 23.1 Å². The number of hydrogen-bond donors (Lipinski definition) is 0. The topological polar surface area (TPSA) is 12.4 Å². The van der Waals surface area contributed by atoms with Crippen LogP contribution in [-0.4, -0.2) is 5.16 Å². The van der Waals surface area contributed by atoms with E-state index in [2.05, 4.69) is 24.1 Å². The molecular weight excluding hydrogens is 276 g/mol. The maximum absolute atomic E-state index is 13.8. The van der Waals surface area contributed by atoms with E-state index in [-0.39, 0.29) is 11.6 Å². The Morgan fingerprint density at radius 3 is 2.30 bits per heavy atom. The third kappa shape index (κ3) is 3.50. The molecule has 0 atom stereocenters. The molecule has 0 amide bonds. The number of aliphatic imine (C=N–C) groups is 1. The Kier molecular flexibility index (Phi) is 5.38. The minimum atomic E-state index is -0.645. The molecule has 0 saturated heterocycles. The fraction of sp³-hybridized carbons (Fsp3) is 0.562. The maximum Gasteiger partial charge on any atom is 0.152 e. The van der Waals surface area contributed by atoms with Crippen LogP contribution in [-0.2, 0) is 0 Å². The Labute approximate surface area is 124 Å². The molecule has 0 unspecified atom stereocenters. The first-order chi connectivity index (χ1) is 9.65. The second kappa shape index (κ2) is 7.05. The number of nitrogens with zero attached hydrogens (tertiary/aromatic N) is 1. The Morgan fingerprint density at radius 2 is 1.80 bits per heavy atom. The summed E-state index contributed by atoms with van der Waals surface area (Å²) in [4.78, 5) is 3.44. The third-order valence-electron chi connectivity index (χ3n) is 4.21. The fourth-order valence-corrected chi connectivity index (χ4v) is 3.26. The van der Waals surface area contributed by atoms with E-state index in [1.54, 1.807) is 0 Å². The van der Waals surface area contributed by atoms with Crippen molar-refractivity contribution in [2.45, 2.75) is 51.4 Å². The fourth-order valence-electron chi connectivity index (χ4n) is 3.17. The van der Waals surface area contributed by atoms with Crippen LogP contribution in [0, 0.1) is 17.6 Å². The highest BCUT2D eigenvalue weighted by Crippen LogP contribution is 2.39. The van der Waals surface area contributed by atoms with Crippen molar-refractivity contribution in [1.82, 2.24) is 0 Å². The van der Waals surface area contributed by atoms with E-state index in [0.717, 1.165) is 37.2 Å². The monoisotopic (exact) mass is 295 g/mol. The molecule has 0 N–H and O–H groups in total. The molecule has 1 aromatic rings. The van der Waals surface area contributed by atoms with Crippen molar-refractivity contribution in [2.24, 2.45) is 10.9 Å². The summed E-state index contributed by atoms with van der Waals surface area (Å²) in [5.41, 5.74) is 0.418. The van der Waals surface area contributed by atoms with E-state index < -0.39 is 11.6 Å². The summed E-state index contributed by atoms with van der Waals surface area (Å²) in [6.07, 6.45) is 6.81. The van der Waals surface area contributed by atoms with Gasteiger partial charge in [0, 0.05) is 0 Å². The second-order valence-corrected chi connectivity index (χ2v) is 5.73. The van der Waals surface area contributed by atoms with Crippen LogP contribution in [0.25, 0.3) is 0 Å². The maximum atomic E-state index is 13.8. The van der Waals surface area contributed by atoms with Gasteiger partial charge in [-0.25, -0.2) is 8.78 Å². The standard InChI is InChI=1S/C16H19F2NS/c1-2-3-11-4-6-12(7-5-11)13-8-14(17)16(19-10-20)15(18)9-13/h8-9,11-12H,2-7H2,1H3. The molecule has 1 aromatic carbocycles. The number of halogens is 2. The summed E-state index contributed by atoms with van der Waals surface area (Å²) < 4.78 is 27.7. The highest BCUT2D eigenvalue weighted by Gasteiger charge is 2.23. The van der Waals surface area contributed by atoms with Gasteiger partial charge in [0.25, 0.3) is 0 Å². The van der Waals surface area contributed by atoms with Gasteiger partial charge in [-0.05, 0) is 67.4 Å². The Hall–Kier alpha value is -1.12. The number of isothiocyanates is 1. The predicted octanol–water partition coefficient (Wildman–Crippen LogP) is 5.77. The lowest BCUT2D eigenvalue weighted by atomic mass is 9.77. The quantitative estimate of drug-likeness (QED) is 0.507. The minimum absolute atomic E-state index is 0.262. The average Bonchev–Trinajstić information content (AvgIpc) is 2.44. The molecule has 0 radical (unpaired) electrons. The van der Waals surface area contributed by atoms with E-state index in [1.165, 1.54) is 25.0 Å². The molecule has 0 aromatic heterocycles. The zero-order chi connectivity index (χ0) is 14.5. The van der Waals surface area contributed by atoms with Crippen LogP contribution in [0.5, 0.6) is 0 Å². The van der Waals surface area contributed by atoms with Gasteiger partial charge >= 0.3 is 0 Å². The van der Waals surface area contributed by atoms with Crippen LogP contribution in [0.1, 0.15) is 56.9 Å². The van der Waals surface area contributed by atoms with Gasteiger partial charge in [-0.2, -0.15) is 4.99 Å². The lowest BCUT2D eigenvalue weighted by molar-refractivity contribution is 0.307. The molecule has 1 aliphatic rings. The van der Waals surface area contributed by atoms with E-state index in [4.69, 9.17) is 0 Å². The highest BCUT2D eigenvalue weighted by molar-refractivity contribution is 7.78. The summed E-state index contributed by atoms with van der Waals surface area (Å²) >= 11 is 4.40. The van der Waals surface area contributed by atoms with Gasteiger partial charge < -0.3 is 0 Å². The molecule has 1 nitrogen and oxygen atoms in total. The van der Waals surface area contributed by atoms with Crippen molar-refractivity contribution in [1.29, 1.82) is 0 Å². The lowest BCUT2D eigenvalue weighted by Crippen LogP contribution is -2.13. The molecule has 1 fully saturated rings. The van der Waals surface area contributed by atoms with Gasteiger partial charge in [0.15, 0.2) is 11.6 Å². The molecule has 20 heavy (non-hydrogen) atoms. The number of rotatable bonds is 4. The van der Waals surface area contributed by atoms with Gasteiger partial charge in [-0.15, -0.1) is 0 Å². The van der Waals surface area contributed by atoms with Gasteiger partial charge in [0.05, 0.1) is 5.16 Å². The normalized spacial score (nSPS) is 22.4. The molecule has 1 aliphatic carbocycles. The third-order valence-corrected chi connectivity index (χ3v) is 4.30. The number of hydrogen-bond acceptors (Lipinski definition) is 2. The summed E-state index contributed by atoms with van der Waals surface area (Å²) in [5.74, 6) is -0.247. The molecule has 0 heterocycles.